The van der Waals surface area contributed by atoms with Gasteiger partial charge in [-0.25, -0.2) is 0 Å². The number of phenolic OH excluding ortho intramolecular Hbond substituents is 1. The maximum Gasteiger partial charge on any atom is 0.297 e. The van der Waals surface area contributed by atoms with Crippen molar-refractivity contribution in [3.05, 3.63) is 51.9 Å². The Bertz CT molecular complexity index is 995. The van der Waals surface area contributed by atoms with Gasteiger partial charge in [-0.05, 0) is 72.1 Å². The van der Waals surface area contributed by atoms with Gasteiger partial charge in [0.2, 0.25) is 5.75 Å². The van der Waals surface area contributed by atoms with Crippen molar-refractivity contribution in [3.8, 4) is 17.2 Å². The van der Waals surface area contributed by atoms with Gasteiger partial charge in [0.25, 0.3) is 5.56 Å². The van der Waals surface area contributed by atoms with Crippen molar-refractivity contribution >= 4 is 10.9 Å². The lowest BCUT2D eigenvalue weighted by Crippen LogP contribution is -2.25. The summed E-state index contributed by atoms with van der Waals surface area (Å²) in [5.74, 6) is 0.807. The molecule has 5 nitrogen and oxygen atoms in total. The van der Waals surface area contributed by atoms with Crippen LogP contribution in [0.1, 0.15) is 73.3 Å². The molecule has 1 N–H and O–H groups in total. The number of benzene rings is 1. The number of allylic oxidation sites excluding steroid dienone is 3. The van der Waals surface area contributed by atoms with Crippen molar-refractivity contribution in [1.82, 2.24) is 4.57 Å². The SMILES string of the molecule is CCCCOc1c(OC/C=C(\C)CCC=C(C)C)c(=O)n(C(C)C)c2cc(O)ccc12. The Balaban J connectivity index is 2.44. The molecule has 0 unspecified atom stereocenters. The molecule has 0 saturated carbocycles. The van der Waals surface area contributed by atoms with Crippen LogP contribution in [-0.4, -0.2) is 22.9 Å². The Labute approximate surface area is 186 Å². The summed E-state index contributed by atoms with van der Waals surface area (Å²) in [5, 5.41) is 10.8. The molecule has 1 aromatic heterocycles. The van der Waals surface area contributed by atoms with E-state index in [1.54, 1.807) is 22.8 Å². The molecule has 5 heteroatoms. The van der Waals surface area contributed by atoms with Crippen molar-refractivity contribution in [3.63, 3.8) is 0 Å². The number of hydrogen-bond donors (Lipinski definition) is 1. The van der Waals surface area contributed by atoms with Gasteiger partial charge in [0.15, 0.2) is 5.75 Å². The third-order valence-corrected chi connectivity index (χ3v) is 5.12. The van der Waals surface area contributed by atoms with Crippen LogP contribution in [0.25, 0.3) is 10.9 Å². The number of pyridine rings is 1. The molecule has 0 atom stereocenters. The molecule has 0 radical (unpaired) electrons. The summed E-state index contributed by atoms with van der Waals surface area (Å²) in [5.41, 5.74) is 2.94. The highest BCUT2D eigenvalue weighted by Gasteiger charge is 2.21. The number of hydrogen-bond acceptors (Lipinski definition) is 4. The van der Waals surface area contributed by atoms with Crippen LogP contribution in [0.4, 0.5) is 0 Å². The minimum atomic E-state index is -0.241. The Kier molecular flexibility index (Phi) is 9.22. The average molecular weight is 428 g/mol. The van der Waals surface area contributed by atoms with E-state index in [-0.39, 0.29) is 23.1 Å². The summed E-state index contributed by atoms with van der Waals surface area (Å²) in [6.45, 7) is 13.1. The topological polar surface area (TPSA) is 60.7 Å². The average Bonchev–Trinajstić information content (AvgIpc) is 2.69. The van der Waals surface area contributed by atoms with Crippen LogP contribution in [0.15, 0.2) is 46.3 Å². The summed E-state index contributed by atoms with van der Waals surface area (Å²) in [4.78, 5) is 13.4. The second kappa shape index (κ2) is 11.6. The lowest BCUT2D eigenvalue weighted by molar-refractivity contribution is 0.277. The molecule has 170 valence electrons. The van der Waals surface area contributed by atoms with E-state index in [0.29, 0.717) is 24.5 Å². The molecule has 2 rings (SSSR count). The van der Waals surface area contributed by atoms with Crippen LogP contribution in [0.2, 0.25) is 0 Å². The van der Waals surface area contributed by atoms with E-state index >= 15 is 0 Å². The van der Waals surface area contributed by atoms with Crippen molar-refractivity contribution < 1.29 is 14.6 Å². The van der Waals surface area contributed by atoms with Crippen molar-refractivity contribution in [1.29, 1.82) is 0 Å². The Morgan fingerprint density at radius 3 is 2.52 bits per heavy atom. The molecule has 0 aliphatic heterocycles. The third kappa shape index (κ3) is 6.65. The third-order valence-electron chi connectivity index (χ3n) is 5.12. The highest BCUT2D eigenvalue weighted by Crippen LogP contribution is 2.35. The highest BCUT2D eigenvalue weighted by molar-refractivity contribution is 5.89. The number of rotatable bonds is 11. The van der Waals surface area contributed by atoms with Gasteiger partial charge in [0, 0.05) is 17.5 Å². The smallest absolute Gasteiger partial charge is 0.297 e. The predicted molar refractivity (Wildman–Crippen MR) is 129 cm³/mol. The van der Waals surface area contributed by atoms with E-state index < -0.39 is 0 Å². The molecule has 0 saturated heterocycles. The quantitative estimate of drug-likeness (QED) is 0.327. The lowest BCUT2D eigenvalue weighted by Gasteiger charge is -2.20. The zero-order valence-corrected chi connectivity index (χ0v) is 19.8. The van der Waals surface area contributed by atoms with E-state index in [9.17, 15) is 9.90 Å². The molecular weight excluding hydrogens is 390 g/mol. The highest BCUT2D eigenvalue weighted by atomic mass is 16.5. The van der Waals surface area contributed by atoms with Crippen LogP contribution in [0.3, 0.4) is 0 Å². The first kappa shape index (κ1) is 24.6. The van der Waals surface area contributed by atoms with Crippen molar-refractivity contribution in [2.45, 2.75) is 73.3 Å². The van der Waals surface area contributed by atoms with E-state index in [1.807, 2.05) is 19.9 Å². The monoisotopic (exact) mass is 427 g/mol. The standard InChI is InChI=1S/C26H37NO4/c1-7-8-15-30-24-22-13-12-21(28)17-23(22)27(19(4)5)26(29)25(24)31-16-14-20(6)11-9-10-18(2)3/h10,12-14,17,19,28H,7-9,11,15-16H2,1-6H3/b20-14+. The Hall–Kier alpha value is -2.69. The molecular formula is C26H37NO4. The Morgan fingerprint density at radius 1 is 1.13 bits per heavy atom. The molecule has 1 aromatic carbocycles. The molecule has 2 aromatic rings. The normalized spacial score (nSPS) is 11.8. The first-order valence-corrected chi connectivity index (χ1v) is 11.2. The molecule has 31 heavy (non-hydrogen) atoms. The number of unbranched alkanes of at least 4 members (excludes halogenated alkanes) is 1. The van der Waals surface area contributed by atoms with Crippen LogP contribution in [-0.2, 0) is 0 Å². The van der Waals surface area contributed by atoms with Crippen LogP contribution in [0.5, 0.6) is 17.2 Å². The maximum atomic E-state index is 13.4. The van der Waals surface area contributed by atoms with Gasteiger partial charge in [0.1, 0.15) is 12.4 Å². The summed E-state index contributed by atoms with van der Waals surface area (Å²) in [7, 11) is 0. The summed E-state index contributed by atoms with van der Waals surface area (Å²) < 4.78 is 13.7. The van der Waals surface area contributed by atoms with Crippen LogP contribution >= 0.6 is 0 Å². The largest absolute Gasteiger partial charge is 0.508 e. The predicted octanol–water partition coefficient (Wildman–Crippen LogP) is 6.54. The number of fused-ring (bicyclic) bond motifs is 1. The molecule has 1 heterocycles. The Morgan fingerprint density at radius 2 is 1.87 bits per heavy atom. The van der Waals surface area contributed by atoms with Gasteiger partial charge in [-0.3, -0.25) is 4.79 Å². The summed E-state index contributed by atoms with van der Waals surface area (Å²) >= 11 is 0. The first-order chi connectivity index (χ1) is 14.8. The van der Waals surface area contributed by atoms with Crippen LogP contribution < -0.4 is 15.0 Å². The number of ether oxygens (including phenoxy) is 2. The molecule has 0 spiro atoms. The van der Waals surface area contributed by atoms with Gasteiger partial charge in [-0.2, -0.15) is 0 Å². The fourth-order valence-electron chi connectivity index (χ4n) is 3.41. The van der Waals surface area contributed by atoms with Gasteiger partial charge in [-0.15, -0.1) is 0 Å². The van der Waals surface area contributed by atoms with Gasteiger partial charge >= 0.3 is 0 Å². The van der Waals surface area contributed by atoms with Gasteiger partial charge in [-0.1, -0.05) is 30.6 Å². The second-order valence-corrected chi connectivity index (χ2v) is 8.51. The van der Waals surface area contributed by atoms with Gasteiger partial charge < -0.3 is 19.1 Å². The number of aromatic hydroxyl groups is 1. The molecule has 0 bridgehead atoms. The zero-order valence-electron chi connectivity index (χ0n) is 19.8. The second-order valence-electron chi connectivity index (χ2n) is 8.51. The lowest BCUT2D eigenvalue weighted by atomic mass is 10.1. The maximum absolute atomic E-state index is 13.4. The minimum Gasteiger partial charge on any atom is -0.508 e. The number of aromatic nitrogens is 1. The molecule has 0 amide bonds. The van der Waals surface area contributed by atoms with Gasteiger partial charge in [0.05, 0.1) is 12.1 Å². The number of phenols is 1. The zero-order chi connectivity index (χ0) is 23.0. The number of nitrogens with zero attached hydrogens (tertiary/aromatic N) is 1. The molecule has 0 fully saturated rings. The van der Waals surface area contributed by atoms with E-state index in [0.717, 1.165) is 31.1 Å². The van der Waals surface area contributed by atoms with Crippen molar-refractivity contribution in [2.24, 2.45) is 0 Å². The summed E-state index contributed by atoms with van der Waals surface area (Å²) in [6, 6.07) is 4.92. The first-order valence-electron chi connectivity index (χ1n) is 11.2. The fourth-order valence-corrected chi connectivity index (χ4v) is 3.41. The van der Waals surface area contributed by atoms with Crippen LogP contribution in [0, 0.1) is 0 Å². The van der Waals surface area contributed by atoms with Crippen molar-refractivity contribution in [2.75, 3.05) is 13.2 Å². The van der Waals surface area contributed by atoms with E-state index in [2.05, 4.69) is 33.8 Å². The summed E-state index contributed by atoms with van der Waals surface area (Å²) in [6.07, 6.45) is 8.07. The fraction of sp³-hybridized carbons (Fsp3) is 0.500. The molecule has 0 aliphatic rings. The van der Waals surface area contributed by atoms with E-state index in [1.165, 1.54) is 11.1 Å². The van der Waals surface area contributed by atoms with E-state index in [4.69, 9.17) is 9.47 Å². The molecule has 0 aliphatic carbocycles. The minimum absolute atomic E-state index is 0.0924.